The summed E-state index contributed by atoms with van der Waals surface area (Å²) in [4.78, 5) is 21.0. The highest BCUT2D eigenvalue weighted by atomic mass is 16.5. The number of rotatable bonds is 3. The zero-order chi connectivity index (χ0) is 9.68. The molecule has 0 bridgehead atoms. The van der Waals surface area contributed by atoms with E-state index in [-0.39, 0.29) is 18.1 Å². The van der Waals surface area contributed by atoms with Crippen molar-refractivity contribution in [3.63, 3.8) is 0 Å². The van der Waals surface area contributed by atoms with Crippen LogP contribution in [-0.4, -0.2) is 18.1 Å². The Hall–Kier alpha value is -1.19. The zero-order valence-corrected chi connectivity index (χ0v) is 7.44. The predicted octanol–water partition coefficient (Wildman–Crippen LogP) is 1.79. The van der Waals surface area contributed by atoms with Gasteiger partial charge >= 0.3 is 5.97 Å². The molecule has 1 rings (SSSR count). The van der Waals surface area contributed by atoms with Gasteiger partial charge in [0, 0.05) is 6.08 Å². The third-order valence-electron chi connectivity index (χ3n) is 2.24. The predicted molar refractivity (Wildman–Crippen MR) is 48.1 cm³/mol. The number of ether oxygens (including phenoxy) is 1. The van der Waals surface area contributed by atoms with Crippen LogP contribution in [0.3, 0.4) is 0 Å². The third-order valence-corrected chi connectivity index (χ3v) is 2.24. The average Bonchev–Trinajstić information content (AvgIpc) is 2.19. The molecule has 0 aromatic heterocycles. The van der Waals surface area contributed by atoms with Gasteiger partial charge in [0.25, 0.3) is 0 Å². The summed E-state index contributed by atoms with van der Waals surface area (Å²) >= 11 is 0. The molecule has 0 N–H and O–H groups in total. The van der Waals surface area contributed by atoms with Crippen LogP contribution in [0.1, 0.15) is 25.7 Å². The van der Waals surface area contributed by atoms with Crippen LogP contribution in [-0.2, 0) is 9.53 Å². The third kappa shape index (κ3) is 2.97. The van der Waals surface area contributed by atoms with Gasteiger partial charge in [0.1, 0.15) is 6.10 Å². The summed E-state index contributed by atoms with van der Waals surface area (Å²) in [5, 5.41) is 2.97. The molecule has 0 unspecified atom stereocenters. The number of hydrogen-bond acceptors (Lipinski definition) is 4. The number of nitrogens with zero attached hydrogens (tertiary/aromatic N) is 1. The Bertz CT molecular complexity index is 207. The lowest BCUT2D eigenvalue weighted by Crippen LogP contribution is -2.25. The van der Waals surface area contributed by atoms with Gasteiger partial charge in [0.05, 0.1) is 6.04 Å². The Labute approximate surface area is 76.9 Å². The maximum Gasteiger partial charge on any atom is 0.330 e. The Balaban J connectivity index is 2.28. The molecule has 1 saturated carbocycles. The molecule has 1 fully saturated rings. The smallest absolute Gasteiger partial charge is 0.330 e. The summed E-state index contributed by atoms with van der Waals surface area (Å²) in [5.41, 5.74) is 0. The van der Waals surface area contributed by atoms with Gasteiger partial charge in [-0.05, 0) is 25.7 Å². The molecule has 72 valence electrons. The first-order valence-electron chi connectivity index (χ1n) is 4.41. The van der Waals surface area contributed by atoms with Gasteiger partial charge in [0.2, 0.25) is 0 Å². The SMILES string of the molecule is C=CC(=O)OC1CCC(N=O)CC1. The topological polar surface area (TPSA) is 55.7 Å². The van der Waals surface area contributed by atoms with Gasteiger partial charge in [-0.25, -0.2) is 4.79 Å². The molecule has 0 atom stereocenters. The van der Waals surface area contributed by atoms with E-state index in [4.69, 9.17) is 4.74 Å². The first kappa shape index (κ1) is 9.89. The molecule has 0 aromatic rings. The number of esters is 1. The zero-order valence-electron chi connectivity index (χ0n) is 7.44. The molecule has 0 amide bonds. The minimum atomic E-state index is -0.387. The van der Waals surface area contributed by atoms with Crippen LogP contribution < -0.4 is 0 Å². The molecular formula is C9H13NO3. The molecule has 4 heteroatoms. The van der Waals surface area contributed by atoms with Crippen molar-refractivity contribution in [2.45, 2.75) is 37.8 Å². The maximum absolute atomic E-state index is 10.8. The number of carbonyl (C=O) groups is 1. The number of nitroso groups, excluding NO2 is 1. The first-order valence-corrected chi connectivity index (χ1v) is 4.41. The van der Waals surface area contributed by atoms with Gasteiger partial charge in [0.15, 0.2) is 0 Å². The molecular weight excluding hydrogens is 170 g/mol. The van der Waals surface area contributed by atoms with E-state index in [1.165, 1.54) is 0 Å². The Morgan fingerprint density at radius 2 is 2.00 bits per heavy atom. The van der Waals surface area contributed by atoms with Crippen LogP contribution in [0, 0.1) is 4.91 Å². The van der Waals surface area contributed by atoms with E-state index in [9.17, 15) is 9.70 Å². The molecule has 0 aliphatic heterocycles. The van der Waals surface area contributed by atoms with Crippen molar-refractivity contribution in [2.24, 2.45) is 5.18 Å². The second kappa shape index (κ2) is 4.74. The molecule has 1 aliphatic carbocycles. The number of carbonyl (C=O) groups excluding carboxylic acids is 1. The summed E-state index contributed by atoms with van der Waals surface area (Å²) in [6, 6.07) is -0.0846. The van der Waals surface area contributed by atoms with Crippen LogP contribution in [0.5, 0.6) is 0 Å². The van der Waals surface area contributed by atoms with Crippen LogP contribution in [0.4, 0.5) is 0 Å². The fraction of sp³-hybridized carbons (Fsp3) is 0.667. The minimum Gasteiger partial charge on any atom is -0.459 e. The lowest BCUT2D eigenvalue weighted by molar-refractivity contribution is -0.144. The maximum atomic E-state index is 10.8. The van der Waals surface area contributed by atoms with E-state index < -0.39 is 0 Å². The Morgan fingerprint density at radius 1 is 1.38 bits per heavy atom. The van der Waals surface area contributed by atoms with Crippen molar-refractivity contribution in [3.8, 4) is 0 Å². The van der Waals surface area contributed by atoms with Crippen molar-refractivity contribution in [1.82, 2.24) is 0 Å². The summed E-state index contributed by atoms with van der Waals surface area (Å²) in [5.74, 6) is -0.387. The molecule has 0 radical (unpaired) electrons. The van der Waals surface area contributed by atoms with Crippen molar-refractivity contribution in [2.75, 3.05) is 0 Å². The first-order chi connectivity index (χ1) is 6.26. The quantitative estimate of drug-likeness (QED) is 0.381. The minimum absolute atomic E-state index is 0.0523. The second-order valence-electron chi connectivity index (χ2n) is 3.18. The van der Waals surface area contributed by atoms with Gasteiger partial charge in [-0.2, -0.15) is 4.91 Å². The van der Waals surface area contributed by atoms with Crippen LogP contribution in [0.15, 0.2) is 17.8 Å². The fourth-order valence-electron chi connectivity index (χ4n) is 1.48. The summed E-state index contributed by atoms with van der Waals surface area (Å²) in [6.07, 6.45) is 4.01. The van der Waals surface area contributed by atoms with E-state index in [1.54, 1.807) is 0 Å². The van der Waals surface area contributed by atoms with Crippen LogP contribution >= 0.6 is 0 Å². The van der Waals surface area contributed by atoms with Gasteiger partial charge < -0.3 is 4.74 Å². The Morgan fingerprint density at radius 3 is 2.46 bits per heavy atom. The highest BCUT2D eigenvalue weighted by molar-refractivity contribution is 5.81. The van der Waals surface area contributed by atoms with Crippen molar-refractivity contribution in [1.29, 1.82) is 0 Å². The fourth-order valence-corrected chi connectivity index (χ4v) is 1.48. The van der Waals surface area contributed by atoms with Crippen LogP contribution in [0.25, 0.3) is 0 Å². The molecule has 0 spiro atoms. The largest absolute Gasteiger partial charge is 0.459 e. The van der Waals surface area contributed by atoms with E-state index in [2.05, 4.69) is 11.8 Å². The molecule has 13 heavy (non-hydrogen) atoms. The highest BCUT2D eigenvalue weighted by Crippen LogP contribution is 2.23. The van der Waals surface area contributed by atoms with E-state index >= 15 is 0 Å². The highest BCUT2D eigenvalue weighted by Gasteiger charge is 2.23. The van der Waals surface area contributed by atoms with E-state index in [0.29, 0.717) is 0 Å². The van der Waals surface area contributed by atoms with Gasteiger partial charge in [-0.1, -0.05) is 11.8 Å². The van der Waals surface area contributed by atoms with Crippen molar-refractivity contribution in [3.05, 3.63) is 17.6 Å². The average molecular weight is 183 g/mol. The molecule has 0 heterocycles. The van der Waals surface area contributed by atoms with Crippen molar-refractivity contribution >= 4 is 5.97 Å². The normalized spacial score (nSPS) is 27.7. The van der Waals surface area contributed by atoms with Crippen molar-refractivity contribution < 1.29 is 9.53 Å². The Kier molecular flexibility index (Phi) is 3.61. The number of hydrogen-bond donors (Lipinski definition) is 0. The van der Waals surface area contributed by atoms with Gasteiger partial charge in [-0.15, -0.1) is 0 Å². The van der Waals surface area contributed by atoms with Crippen LogP contribution in [0.2, 0.25) is 0 Å². The molecule has 0 saturated heterocycles. The molecule has 0 aromatic carbocycles. The van der Waals surface area contributed by atoms with E-state index in [0.717, 1.165) is 31.8 Å². The van der Waals surface area contributed by atoms with E-state index in [1.807, 2.05) is 0 Å². The monoisotopic (exact) mass is 183 g/mol. The summed E-state index contributed by atoms with van der Waals surface area (Å²) < 4.78 is 5.03. The summed E-state index contributed by atoms with van der Waals surface area (Å²) in [6.45, 7) is 3.31. The molecule has 4 nitrogen and oxygen atoms in total. The standard InChI is InChI=1S/C9H13NO3/c1-2-9(11)13-8-5-3-7(10-12)4-6-8/h2,7-8H,1,3-6H2. The second-order valence-corrected chi connectivity index (χ2v) is 3.18. The summed E-state index contributed by atoms with van der Waals surface area (Å²) in [7, 11) is 0. The lowest BCUT2D eigenvalue weighted by atomic mass is 9.94. The lowest BCUT2D eigenvalue weighted by Gasteiger charge is -2.23. The van der Waals surface area contributed by atoms with Gasteiger partial charge in [-0.3, -0.25) is 0 Å². The molecule has 1 aliphatic rings.